The minimum Gasteiger partial charge on any atom is -0.476 e. The number of aromatic nitrogens is 3. The number of sulfonamides is 1. The molecule has 0 saturated carbocycles. The van der Waals surface area contributed by atoms with Gasteiger partial charge in [0.05, 0.1) is 16.6 Å². The van der Waals surface area contributed by atoms with Crippen molar-refractivity contribution in [1.82, 2.24) is 15.2 Å². The number of hydrogen-bond donors (Lipinski definition) is 3. The Balaban J connectivity index is 1.88. The van der Waals surface area contributed by atoms with Crippen LogP contribution >= 0.6 is 11.3 Å². The number of benzene rings is 1. The molecule has 1 aromatic carbocycles. The summed E-state index contributed by atoms with van der Waals surface area (Å²) in [4.78, 5) is 14.6. The molecule has 3 aromatic rings. The molecule has 0 amide bonds. The third kappa shape index (κ3) is 3.07. The molecular weight excluding hydrogens is 340 g/mol. The van der Waals surface area contributed by atoms with E-state index in [9.17, 15) is 13.2 Å². The number of nitrogens with one attached hydrogen (secondary N) is 2. The number of thiazole rings is 1. The van der Waals surface area contributed by atoms with Gasteiger partial charge in [0, 0.05) is 11.8 Å². The Morgan fingerprint density at radius 2 is 1.96 bits per heavy atom. The minimum atomic E-state index is -3.89. The van der Waals surface area contributed by atoms with Crippen LogP contribution in [0.3, 0.4) is 0 Å². The van der Waals surface area contributed by atoms with E-state index in [-0.39, 0.29) is 15.6 Å². The predicted molar refractivity (Wildman–Crippen MR) is 83.9 cm³/mol. The van der Waals surface area contributed by atoms with E-state index < -0.39 is 16.0 Å². The second-order valence-electron chi connectivity index (χ2n) is 4.45. The lowest BCUT2D eigenvalue weighted by Crippen LogP contribution is -2.14. The number of carbonyl (C=O) groups is 1. The van der Waals surface area contributed by atoms with Crippen molar-refractivity contribution in [2.45, 2.75) is 4.90 Å². The van der Waals surface area contributed by atoms with Crippen LogP contribution in [-0.4, -0.2) is 34.7 Å². The molecule has 2 heterocycles. The summed E-state index contributed by atoms with van der Waals surface area (Å²) in [7, 11) is -3.89. The summed E-state index contributed by atoms with van der Waals surface area (Å²) >= 11 is 0.906. The first-order chi connectivity index (χ1) is 11.0. The molecule has 0 unspecified atom stereocenters. The van der Waals surface area contributed by atoms with Crippen LogP contribution in [-0.2, 0) is 10.0 Å². The number of aromatic amines is 1. The zero-order valence-electron chi connectivity index (χ0n) is 11.4. The fourth-order valence-corrected chi connectivity index (χ4v) is 3.88. The second-order valence-corrected chi connectivity index (χ2v) is 6.99. The average molecular weight is 350 g/mol. The van der Waals surface area contributed by atoms with Gasteiger partial charge in [0.25, 0.3) is 10.0 Å². The van der Waals surface area contributed by atoms with Gasteiger partial charge in [0.1, 0.15) is 5.00 Å². The smallest absolute Gasteiger partial charge is 0.357 e. The standard InChI is InChI=1S/C13H10N4O4S2/c18-13(19)11-12(22-7-14-11)17-23(20,21)10-3-1-8(2-4-10)9-5-15-16-6-9/h1-7,17H,(H,15,16)(H,18,19). The predicted octanol–water partition coefficient (Wildman–Crippen LogP) is 2.03. The third-order valence-electron chi connectivity index (χ3n) is 2.99. The molecule has 3 N–H and O–H groups in total. The Kier molecular flexibility index (Phi) is 3.84. The molecule has 0 aliphatic carbocycles. The first kappa shape index (κ1) is 15.2. The number of anilines is 1. The molecule has 0 saturated heterocycles. The highest BCUT2D eigenvalue weighted by molar-refractivity contribution is 7.93. The van der Waals surface area contributed by atoms with Crippen LogP contribution in [0.15, 0.2) is 47.1 Å². The van der Waals surface area contributed by atoms with Crippen molar-refractivity contribution in [1.29, 1.82) is 0 Å². The Bertz CT molecular complexity index is 931. The van der Waals surface area contributed by atoms with Gasteiger partial charge in [-0.2, -0.15) is 5.10 Å². The highest BCUT2D eigenvalue weighted by Gasteiger charge is 2.20. The first-order valence-corrected chi connectivity index (χ1v) is 8.62. The van der Waals surface area contributed by atoms with Crippen molar-refractivity contribution >= 4 is 32.3 Å². The molecule has 3 rings (SSSR count). The van der Waals surface area contributed by atoms with Gasteiger partial charge in [0.15, 0.2) is 5.69 Å². The highest BCUT2D eigenvalue weighted by atomic mass is 32.2. The number of carboxylic acids is 1. The summed E-state index contributed by atoms with van der Waals surface area (Å²) in [6.07, 6.45) is 3.32. The van der Waals surface area contributed by atoms with Crippen LogP contribution in [0.25, 0.3) is 11.1 Å². The van der Waals surface area contributed by atoms with Gasteiger partial charge in [-0.25, -0.2) is 18.2 Å². The van der Waals surface area contributed by atoms with Gasteiger partial charge < -0.3 is 5.11 Å². The van der Waals surface area contributed by atoms with Gasteiger partial charge in [-0.1, -0.05) is 12.1 Å². The van der Waals surface area contributed by atoms with Crippen LogP contribution in [0, 0.1) is 0 Å². The molecule has 0 aliphatic rings. The zero-order valence-corrected chi connectivity index (χ0v) is 13.1. The molecule has 0 spiro atoms. The minimum absolute atomic E-state index is 0.0227. The van der Waals surface area contributed by atoms with E-state index >= 15 is 0 Å². The van der Waals surface area contributed by atoms with E-state index in [1.54, 1.807) is 24.5 Å². The fourth-order valence-electron chi connectivity index (χ4n) is 1.89. The van der Waals surface area contributed by atoms with E-state index in [0.29, 0.717) is 0 Å². The number of hydrogen-bond acceptors (Lipinski definition) is 6. The van der Waals surface area contributed by atoms with Gasteiger partial charge in [-0.3, -0.25) is 9.82 Å². The molecule has 0 bridgehead atoms. The summed E-state index contributed by atoms with van der Waals surface area (Å²) in [5, 5.41) is 15.4. The van der Waals surface area contributed by atoms with Crippen molar-refractivity contribution in [3.05, 3.63) is 47.9 Å². The molecule has 0 radical (unpaired) electrons. The number of aromatic carboxylic acids is 1. The summed E-state index contributed by atoms with van der Waals surface area (Å²) in [6, 6.07) is 6.16. The number of nitrogens with zero attached hydrogens (tertiary/aromatic N) is 2. The van der Waals surface area contributed by atoms with Crippen molar-refractivity contribution < 1.29 is 18.3 Å². The fraction of sp³-hybridized carbons (Fsp3) is 0. The molecule has 2 aromatic heterocycles. The molecule has 0 aliphatic heterocycles. The van der Waals surface area contributed by atoms with Gasteiger partial charge >= 0.3 is 5.97 Å². The van der Waals surface area contributed by atoms with Crippen LogP contribution < -0.4 is 4.72 Å². The maximum absolute atomic E-state index is 12.3. The number of carboxylic acid groups (broad SMARTS) is 1. The molecule has 8 nitrogen and oxygen atoms in total. The SMILES string of the molecule is O=C(O)c1ncsc1NS(=O)(=O)c1ccc(-c2cn[nH]c2)cc1. The highest BCUT2D eigenvalue weighted by Crippen LogP contribution is 2.25. The number of rotatable bonds is 5. The number of H-pyrrole nitrogens is 1. The Morgan fingerprint density at radius 1 is 1.22 bits per heavy atom. The zero-order chi connectivity index (χ0) is 16.4. The van der Waals surface area contributed by atoms with Gasteiger partial charge in [-0.05, 0) is 17.7 Å². The average Bonchev–Trinajstić information content (AvgIpc) is 3.18. The Labute approximate surface area is 134 Å². The van der Waals surface area contributed by atoms with E-state index in [1.807, 2.05) is 0 Å². The van der Waals surface area contributed by atoms with Crippen molar-refractivity contribution in [3.63, 3.8) is 0 Å². The molecule has 0 atom stereocenters. The van der Waals surface area contributed by atoms with E-state index in [2.05, 4.69) is 19.9 Å². The lowest BCUT2D eigenvalue weighted by atomic mass is 10.1. The lowest BCUT2D eigenvalue weighted by Gasteiger charge is -2.07. The van der Waals surface area contributed by atoms with Crippen LogP contribution in [0.4, 0.5) is 5.00 Å². The van der Waals surface area contributed by atoms with Crippen molar-refractivity contribution in [2.75, 3.05) is 4.72 Å². The maximum Gasteiger partial charge on any atom is 0.357 e. The van der Waals surface area contributed by atoms with Crippen molar-refractivity contribution in [2.24, 2.45) is 0 Å². The third-order valence-corrected chi connectivity index (χ3v) is 5.23. The second kappa shape index (κ2) is 5.82. The van der Waals surface area contributed by atoms with Gasteiger partial charge in [0.2, 0.25) is 0 Å². The van der Waals surface area contributed by atoms with Crippen LogP contribution in [0.2, 0.25) is 0 Å². The molecule has 0 fully saturated rings. The molecule has 10 heteroatoms. The van der Waals surface area contributed by atoms with Crippen LogP contribution in [0.5, 0.6) is 0 Å². The monoisotopic (exact) mass is 350 g/mol. The first-order valence-electron chi connectivity index (χ1n) is 6.26. The topological polar surface area (TPSA) is 125 Å². The summed E-state index contributed by atoms with van der Waals surface area (Å²) < 4.78 is 26.9. The maximum atomic E-state index is 12.3. The quantitative estimate of drug-likeness (QED) is 0.646. The largest absolute Gasteiger partial charge is 0.476 e. The molecule has 118 valence electrons. The van der Waals surface area contributed by atoms with E-state index in [4.69, 9.17) is 5.11 Å². The van der Waals surface area contributed by atoms with Crippen molar-refractivity contribution in [3.8, 4) is 11.1 Å². The summed E-state index contributed by atoms with van der Waals surface area (Å²) in [5.74, 6) is -1.29. The molecular formula is C13H10N4O4S2. The Morgan fingerprint density at radius 3 is 2.57 bits per heavy atom. The van der Waals surface area contributed by atoms with E-state index in [1.165, 1.54) is 17.6 Å². The lowest BCUT2D eigenvalue weighted by molar-refractivity contribution is 0.0692. The normalized spacial score (nSPS) is 11.3. The van der Waals surface area contributed by atoms with Crippen LogP contribution in [0.1, 0.15) is 10.5 Å². The summed E-state index contributed by atoms with van der Waals surface area (Å²) in [5.41, 5.74) is 2.58. The Hall–Kier alpha value is -2.72. The molecule has 23 heavy (non-hydrogen) atoms. The van der Waals surface area contributed by atoms with Gasteiger partial charge in [-0.15, -0.1) is 11.3 Å². The van der Waals surface area contributed by atoms with E-state index in [0.717, 1.165) is 22.5 Å². The summed E-state index contributed by atoms with van der Waals surface area (Å²) in [6.45, 7) is 0.